The molecule has 8 nitrogen and oxygen atoms in total. The van der Waals surface area contributed by atoms with Crippen molar-refractivity contribution < 1.29 is 24.2 Å². The van der Waals surface area contributed by atoms with E-state index in [1.807, 2.05) is 41.0 Å². The summed E-state index contributed by atoms with van der Waals surface area (Å²) >= 11 is 0. The third kappa shape index (κ3) is 5.06. The number of carbonyl (C=O) groups is 3. The van der Waals surface area contributed by atoms with Crippen LogP contribution in [0.4, 0.5) is 0 Å². The predicted molar refractivity (Wildman–Crippen MR) is 146 cm³/mol. The highest BCUT2D eigenvalue weighted by Crippen LogP contribution is 2.54. The van der Waals surface area contributed by atoms with E-state index < -0.39 is 35.1 Å². The summed E-state index contributed by atoms with van der Waals surface area (Å²) in [5, 5.41) is 9.26. The molecule has 0 bridgehead atoms. The van der Waals surface area contributed by atoms with E-state index in [2.05, 4.69) is 34.6 Å². The summed E-state index contributed by atoms with van der Waals surface area (Å²) in [6.45, 7) is 14.8. The molecule has 2 saturated heterocycles. The van der Waals surface area contributed by atoms with Crippen LogP contribution in [0.2, 0.25) is 0 Å². The Balaban J connectivity index is 1.76. The largest absolute Gasteiger partial charge is 0.396 e. The van der Waals surface area contributed by atoms with Crippen molar-refractivity contribution >= 4 is 17.7 Å². The van der Waals surface area contributed by atoms with E-state index in [4.69, 9.17) is 4.74 Å². The number of amides is 3. The average Bonchev–Trinajstić information content (AvgIpc) is 3.12. The minimum absolute atomic E-state index is 0.00645. The van der Waals surface area contributed by atoms with Crippen LogP contribution in [0.1, 0.15) is 73.6 Å². The van der Waals surface area contributed by atoms with Crippen LogP contribution in [-0.2, 0) is 19.1 Å². The van der Waals surface area contributed by atoms with Gasteiger partial charge in [-0.15, -0.1) is 0 Å². The number of hydrogen-bond acceptors (Lipinski definition) is 5. The minimum Gasteiger partial charge on any atom is -0.396 e. The topological polar surface area (TPSA) is 90.4 Å². The van der Waals surface area contributed by atoms with E-state index in [1.54, 1.807) is 4.90 Å². The molecule has 0 saturated carbocycles. The van der Waals surface area contributed by atoms with Crippen molar-refractivity contribution in [3.8, 4) is 0 Å². The summed E-state index contributed by atoms with van der Waals surface area (Å²) in [6, 6.07) is -0.820. The first kappa shape index (κ1) is 28.8. The first-order valence-corrected chi connectivity index (χ1v) is 14.4. The van der Waals surface area contributed by atoms with Gasteiger partial charge in [0.25, 0.3) is 0 Å². The lowest BCUT2D eigenvalue weighted by Crippen LogP contribution is -2.59. The van der Waals surface area contributed by atoms with E-state index in [0.717, 1.165) is 19.3 Å². The van der Waals surface area contributed by atoms with Gasteiger partial charge in [0.2, 0.25) is 17.7 Å². The van der Waals surface area contributed by atoms with Crippen molar-refractivity contribution in [2.45, 2.75) is 96.9 Å². The molecule has 1 spiro atoms. The molecule has 1 unspecified atom stereocenters. The van der Waals surface area contributed by atoms with Crippen LogP contribution in [0.15, 0.2) is 24.3 Å². The first-order chi connectivity index (χ1) is 17.9. The number of hydrogen-bond donors (Lipinski definition) is 1. The number of ether oxygens (including phenoxy) is 1. The van der Waals surface area contributed by atoms with Gasteiger partial charge in [0.1, 0.15) is 11.6 Å². The van der Waals surface area contributed by atoms with E-state index in [-0.39, 0.29) is 29.7 Å². The Hall–Kier alpha value is -2.19. The highest BCUT2D eigenvalue weighted by molar-refractivity contribution is 6.00. The lowest BCUT2D eigenvalue weighted by molar-refractivity contribution is -0.152. The van der Waals surface area contributed by atoms with Gasteiger partial charge < -0.3 is 24.5 Å². The Morgan fingerprint density at radius 1 is 0.974 bits per heavy atom. The van der Waals surface area contributed by atoms with E-state index in [9.17, 15) is 19.5 Å². The summed E-state index contributed by atoms with van der Waals surface area (Å²) < 4.78 is 6.73. The first-order valence-electron chi connectivity index (χ1n) is 14.4. The number of aliphatic hydroxyl groups excluding tert-OH is 1. The molecule has 0 aliphatic carbocycles. The summed E-state index contributed by atoms with van der Waals surface area (Å²) in [7, 11) is 0. The second-order valence-corrected chi connectivity index (χ2v) is 13.3. The summed E-state index contributed by atoms with van der Waals surface area (Å²) in [4.78, 5) is 48.0. The van der Waals surface area contributed by atoms with E-state index >= 15 is 0 Å². The Kier molecular flexibility index (Phi) is 8.16. The molecule has 4 aliphatic rings. The Morgan fingerprint density at radius 3 is 2.37 bits per heavy atom. The Labute approximate surface area is 228 Å². The number of carbonyl (C=O) groups excluding carboxylic acids is 3. The quantitative estimate of drug-likeness (QED) is 0.366. The normalized spacial score (nSPS) is 31.4. The summed E-state index contributed by atoms with van der Waals surface area (Å²) in [5.74, 6) is -1.73. The molecule has 0 aromatic heterocycles. The Bertz CT molecular complexity index is 983. The molecule has 3 amide bonds. The van der Waals surface area contributed by atoms with Crippen molar-refractivity contribution in [3.63, 3.8) is 0 Å². The zero-order valence-corrected chi connectivity index (χ0v) is 24.1. The molecule has 2 fully saturated rings. The monoisotopic (exact) mass is 529 g/mol. The molecule has 0 radical (unpaired) electrons. The van der Waals surface area contributed by atoms with Crippen LogP contribution in [0.25, 0.3) is 0 Å². The maximum Gasteiger partial charge on any atom is 0.249 e. The maximum atomic E-state index is 14.5. The van der Waals surface area contributed by atoms with Gasteiger partial charge in [0.05, 0.1) is 17.9 Å². The number of fused-ring (bicyclic) bond motifs is 2. The van der Waals surface area contributed by atoms with Gasteiger partial charge in [-0.2, -0.15) is 0 Å². The molecular formula is C30H47N3O5. The minimum atomic E-state index is -1.18. The fourth-order valence-corrected chi connectivity index (χ4v) is 7.41. The molecule has 212 valence electrons. The predicted octanol–water partition coefficient (Wildman–Crippen LogP) is 3.15. The van der Waals surface area contributed by atoms with Crippen LogP contribution >= 0.6 is 0 Å². The molecule has 1 N–H and O–H groups in total. The highest BCUT2D eigenvalue weighted by Gasteiger charge is 2.72. The molecule has 38 heavy (non-hydrogen) atoms. The second kappa shape index (κ2) is 10.8. The van der Waals surface area contributed by atoms with Gasteiger partial charge in [-0.3, -0.25) is 14.4 Å². The zero-order chi connectivity index (χ0) is 27.9. The molecule has 4 rings (SSSR count). The molecule has 0 aromatic rings. The van der Waals surface area contributed by atoms with Gasteiger partial charge in [-0.05, 0) is 51.4 Å². The van der Waals surface area contributed by atoms with E-state index in [1.165, 1.54) is 0 Å². The third-order valence-corrected chi connectivity index (χ3v) is 8.49. The fraction of sp³-hybridized carbons (Fsp3) is 0.767. The number of likely N-dealkylation sites (tertiary alicyclic amines) is 1. The fourth-order valence-electron chi connectivity index (χ4n) is 7.41. The molecule has 8 heteroatoms. The van der Waals surface area contributed by atoms with Gasteiger partial charge >= 0.3 is 0 Å². The number of rotatable bonds is 9. The van der Waals surface area contributed by atoms with Gasteiger partial charge in [-0.25, -0.2) is 0 Å². The molecule has 5 atom stereocenters. The van der Waals surface area contributed by atoms with Gasteiger partial charge in [-0.1, -0.05) is 52.0 Å². The Morgan fingerprint density at radius 2 is 1.71 bits per heavy atom. The lowest BCUT2D eigenvalue weighted by atomic mass is 9.77. The summed E-state index contributed by atoms with van der Waals surface area (Å²) in [5.41, 5.74) is -1.61. The maximum absolute atomic E-state index is 14.5. The highest BCUT2D eigenvalue weighted by atomic mass is 16.5. The lowest BCUT2D eigenvalue weighted by Gasteiger charge is -2.44. The van der Waals surface area contributed by atoms with Crippen molar-refractivity contribution in [2.24, 2.45) is 17.3 Å². The van der Waals surface area contributed by atoms with Crippen molar-refractivity contribution in [1.29, 1.82) is 0 Å². The van der Waals surface area contributed by atoms with Crippen LogP contribution in [-0.4, -0.2) is 93.6 Å². The zero-order valence-electron chi connectivity index (χ0n) is 24.1. The van der Waals surface area contributed by atoms with Crippen LogP contribution < -0.4 is 0 Å². The molecule has 4 aliphatic heterocycles. The van der Waals surface area contributed by atoms with Crippen LogP contribution in [0.3, 0.4) is 0 Å². The number of nitrogens with zero attached hydrogens (tertiary/aromatic N) is 3. The molecule has 4 heterocycles. The van der Waals surface area contributed by atoms with Crippen LogP contribution in [0, 0.1) is 17.3 Å². The average molecular weight is 530 g/mol. The standard InChI is InChI=1S/C30H47N3O5/c1-7-15-31-16-11-13-21-22(25(31)35)23-26(36)32(17-9-8-10-19-34)24-27(37)33(18-12-14-30(23,24)38-21)29(5,6)20-28(2,3)4/h11-14,21-24,34H,7-10,15-20H2,1-6H3/t21-,22+,23+,24?,30+/m1/s1. The second-order valence-electron chi connectivity index (χ2n) is 13.3. The van der Waals surface area contributed by atoms with Crippen molar-refractivity contribution in [2.75, 3.05) is 32.8 Å². The van der Waals surface area contributed by atoms with Crippen LogP contribution in [0.5, 0.6) is 0 Å². The molecular weight excluding hydrogens is 482 g/mol. The number of unbranched alkanes of at least 4 members (excludes halogenated alkanes) is 2. The number of aliphatic hydroxyl groups is 1. The molecule has 0 aromatic carbocycles. The van der Waals surface area contributed by atoms with Crippen molar-refractivity contribution in [3.05, 3.63) is 24.3 Å². The smallest absolute Gasteiger partial charge is 0.249 e. The third-order valence-electron chi connectivity index (χ3n) is 8.49. The van der Waals surface area contributed by atoms with Gasteiger partial charge in [0.15, 0.2) is 0 Å². The van der Waals surface area contributed by atoms with Crippen molar-refractivity contribution in [1.82, 2.24) is 14.7 Å². The van der Waals surface area contributed by atoms with Gasteiger partial charge in [0, 0.05) is 38.3 Å². The summed E-state index contributed by atoms with van der Waals surface area (Å²) in [6.07, 6.45) is 11.0. The van der Waals surface area contributed by atoms with E-state index in [0.29, 0.717) is 39.0 Å². The SMILES string of the molecule is CCCN1CC=C[C@H]2O[C@]34C=CCN(C(C)(C)CC(C)(C)C)C(=O)C3N(CCCCCO)C(=O)[C@@H]4[C@H]2C1=O.